The predicted octanol–water partition coefficient (Wildman–Crippen LogP) is 3.29. The van der Waals surface area contributed by atoms with Crippen molar-refractivity contribution in [2.45, 2.75) is 11.8 Å². The fraction of sp³-hybridized carbons (Fsp3) is 0.308. The largest absolute Gasteiger partial charge is 0.370 e. The third kappa shape index (κ3) is 2.80. The molecule has 0 heterocycles. The summed E-state index contributed by atoms with van der Waals surface area (Å²) in [4.78, 5) is 3.08. The summed E-state index contributed by atoms with van der Waals surface area (Å²) < 4.78 is 0. The van der Waals surface area contributed by atoms with Gasteiger partial charge in [-0.15, -0.1) is 11.8 Å². The van der Waals surface area contributed by atoms with E-state index in [4.69, 9.17) is 0 Å². The summed E-state index contributed by atoms with van der Waals surface area (Å²) >= 11 is 1.60. The van der Waals surface area contributed by atoms with Crippen LogP contribution in [0, 0.1) is 11.3 Å². The van der Waals surface area contributed by atoms with Crippen LogP contribution in [0.3, 0.4) is 0 Å². The lowest BCUT2D eigenvalue weighted by atomic mass is 10.1. The molecule has 84 valence electrons. The van der Waals surface area contributed by atoms with Crippen LogP contribution in [0.2, 0.25) is 0 Å². The minimum Gasteiger partial charge on any atom is -0.370 e. The van der Waals surface area contributed by atoms with E-state index in [1.807, 2.05) is 38.4 Å². The van der Waals surface area contributed by atoms with Crippen molar-refractivity contribution in [2.24, 2.45) is 0 Å². The number of likely N-dealkylation sites (N-methyl/N-ethyl adjacent to an activating group) is 1. The molecule has 1 rings (SSSR count). The van der Waals surface area contributed by atoms with Crippen LogP contribution in [0.1, 0.15) is 12.5 Å². The molecule has 0 bridgehead atoms. The second-order valence-corrected chi connectivity index (χ2v) is 4.63. The number of rotatable bonds is 4. The van der Waals surface area contributed by atoms with Crippen molar-refractivity contribution >= 4 is 17.4 Å². The average Bonchev–Trinajstić information content (AvgIpc) is 2.26. The molecule has 1 aromatic carbocycles. The average molecular weight is 232 g/mol. The maximum atomic E-state index is 9.20. The van der Waals surface area contributed by atoms with E-state index in [2.05, 4.69) is 17.5 Å². The molecule has 0 amide bonds. The molecule has 0 spiro atoms. The van der Waals surface area contributed by atoms with E-state index in [9.17, 15) is 5.26 Å². The quantitative estimate of drug-likeness (QED) is 0.589. The van der Waals surface area contributed by atoms with E-state index in [-0.39, 0.29) is 0 Å². The maximum Gasteiger partial charge on any atom is 0.103 e. The van der Waals surface area contributed by atoms with Gasteiger partial charge in [-0.1, -0.05) is 18.2 Å². The Morgan fingerprint density at radius 2 is 2.25 bits per heavy atom. The van der Waals surface area contributed by atoms with Gasteiger partial charge in [-0.2, -0.15) is 5.26 Å². The van der Waals surface area contributed by atoms with E-state index in [0.717, 1.165) is 28.3 Å². The molecule has 0 aliphatic rings. The van der Waals surface area contributed by atoms with Crippen LogP contribution in [0.4, 0.5) is 5.69 Å². The first-order chi connectivity index (χ1) is 7.60. The summed E-state index contributed by atoms with van der Waals surface area (Å²) in [6.45, 7) is 6.65. The molecule has 0 radical (unpaired) electrons. The highest BCUT2D eigenvalue weighted by Crippen LogP contribution is 2.28. The summed E-state index contributed by atoms with van der Waals surface area (Å²) in [6, 6.07) is 8.21. The van der Waals surface area contributed by atoms with Crippen LogP contribution in [-0.2, 0) is 0 Å². The molecule has 0 saturated heterocycles. The summed E-state index contributed by atoms with van der Waals surface area (Å²) in [5.41, 5.74) is 2.80. The first-order valence-electron chi connectivity index (χ1n) is 5.02. The van der Waals surface area contributed by atoms with Crippen molar-refractivity contribution in [3.63, 3.8) is 0 Å². The zero-order valence-corrected chi connectivity index (χ0v) is 10.8. The molecule has 2 nitrogen and oxygen atoms in total. The van der Waals surface area contributed by atoms with Crippen molar-refractivity contribution in [1.29, 1.82) is 5.26 Å². The second kappa shape index (κ2) is 5.62. The lowest BCUT2D eigenvalue weighted by molar-refractivity contribution is 0.978. The van der Waals surface area contributed by atoms with E-state index < -0.39 is 0 Å². The molecule has 0 N–H and O–H groups in total. The van der Waals surface area contributed by atoms with Crippen LogP contribution in [-0.4, -0.2) is 19.8 Å². The topological polar surface area (TPSA) is 27.0 Å². The summed E-state index contributed by atoms with van der Waals surface area (Å²) in [6.07, 6.45) is 1.98. The first-order valence-corrected chi connectivity index (χ1v) is 6.25. The highest BCUT2D eigenvalue weighted by atomic mass is 32.2. The van der Waals surface area contributed by atoms with Gasteiger partial charge in [0.25, 0.3) is 0 Å². The van der Waals surface area contributed by atoms with Gasteiger partial charge in [-0.25, -0.2) is 0 Å². The van der Waals surface area contributed by atoms with Crippen LogP contribution < -0.4 is 4.90 Å². The van der Waals surface area contributed by atoms with Crippen molar-refractivity contribution in [3.05, 3.63) is 35.9 Å². The monoisotopic (exact) mass is 232 g/mol. The Bertz CT molecular complexity index is 432. The van der Waals surface area contributed by atoms with Crippen LogP contribution in [0.15, 0.2) is 35.2 Å². The molecule has 0 aliphatic heterocycles. The van der Waals surface area contributed by atoms with Crippen LogP contribution in [0.5, 0.6) is 0 Å². The summed E-state index contributed by atoms with van der Waals surface area (Å²) in [5, 5.41) is 9.20. The highest BCUT2D eigenvalue weighted by molar-refractivity contribution is 7.98. The van der Waals surface area contributed by atoms with Gasteiger partial charge in [0.2, 0.25) is 0 Å². The SMILES string of the molecule is C=C(C)CN(C)c1cccc(SC)c1C#N. The Morgan fingerprint density at radius 1 is 1.56 bits per heavy atom. The zero-order valence-electron chi connectivity index (χ0n) is 9.95. The molecular formula is C13H16N2S. The number of hydrogen-bond donors (Lipinski definition) is 0. The van der Waals surface area contributed by atoms with Gasteiger partial charge in [-0.05, 0) is 25.3 Å². The maximum absolute atomic E-state index is 9.20. The molecule has 0 saturated carbocycles. The smallest absolute Gasteiger partial charge is 0.103 e. The second-order valence-electron chi connectivity index (χ2n) is 3.78. The summed E-state index contributed by atoms with van der Waals surface area (Å²) in [7, 11) is 1.98. The van der Waals surface area contributed by atoms with E-state index >= 15 is 0 Å². The predicted molar refractivity (Wildman–Crippen MR) is 71.0 cm³/mol. The Kier molecular flexibility index (Phi) is 4.45. The van der Waals surface area contributed by atoms with E-state index in [1.54, 1.807) is 11.8 Å². The van der Waals surface area contributed by atoms with Gasteiger partial charge in [0.15, 0.2) is 0 Å². The minimum absolute atomic E-state index is 0.749. The van der Waals surface area contributed by atoms with Gasteiger partial charge >= 0.3 is 0 Å². The van der Waals surface area contributed by atoms with Gasteiger partial charge in [0.1, 0.15) is 6.07 Å². The fourth-order valence-corrected chi connectivity index (χ4v) is 2.18. The lowest BCUT2D eigenvalue weighted by Crippen LogP contribution is -2.20. The number of nitriles is 1. The number of benzene rings is 1. The van der Waals surface area contributed by atoms with Crippen molar-refractivity contribution in [3.8, 4) is 6.07 Å². The van der Waals surface area contributed by atoms with E-state index in [0.29, 0.717) is 0 Å². The number of hydrogen-bond acceptors (Lipinski definition) is 3. The van der Waals surface area contributed by atoms with Crippen LogP contribution in [0.25, 0.3) is 0 Å². The van der Waals surface area contributed by atoms with Crippen LogP contribution >= 0.6 is 11.8 Å². The van der Waals surface area contributed by atoms with Gasteiger partial charge in [0.05, 0.1) is 11.3 Å². The number of nitrogens with zero attached hydrogens (tertiary/aromatic N) is 2. The fourth-order valence-electron chi connectivity index (χ4n) is 1.61. The summed E-state index contributed by atoms with van der Waals surface area (Å²) in [5.74, 6) is 0. The molecule has 3 heteroatoms. The number of anilines is 1. The molecule has 0 unspecified atom stereocenters. The Hall–Kier alpha value is -1.40. The molecule has 0 fully saturated rings. The normalized spacial score (nSPS) is 9.62. The van der Waals surface area contributed by atoms with Gasteiger partial charge < -0.3 is 4.90 Å². The van der Waals surface area contributed by atoms with Gasteiger partial charge in [0, 0.05) is 18.5 Å². The molecular weight excluding hydrogens is 216 g/mol. The van der Waals surface area contributed by atoms with Gasteiger partial charge in [-0.3, -0.25) is 0 Å². The molecule has 1 aromatic rings. The molecule has 0 aliphatic carbocycles. The lowest BCUT2D eigenvalue weighted by Gasteiger charge is -2.21. The Balaban J connectivity index is 3.13. The number of thioether (sulfide) groups is 1. The minimum atomic E-state index is 0.749. The molecule has 0 aromatic heterocycles. The standard InChI is InChI=1S/C13H16N2S/c1-10(2)9-15(3)12-6-5-7-13(16-4)11(12)8-14/h5-7H,1,9H2,2-4H3. The van der Waals surface area contributed by atoms with E-state index in [1.165, 1.54) is 0 Å². The molecule has 16 heavy (non-hydrogen) atoms. The van der Waals surface area contributed by atoms with Crippen molar-refractivity contribution in [2.75, 3.05) is 24.7 Å². The zero-order chi connectivity index (χ0) is 12.1. The third-order valence-corrected chi connectivity index (χ3v) is 3.03. The molecule has 0 atom stereocenters. The van der Waals surface area contributed by atoms with Crippen molar-refractivity contribution < 1.29 is 0 Å². The first kappa shape index (κ1) is 12.7. The highest BCUT2D eigenvalue weighted by Gasteiger charge is 2.10. The third-order valence-electron chi connectivity index (χ3n) is 2.25. The van der Waals surface area contributed by atoms with Crippen molar-refractivity contribution in [1.82, 2.24) is 0 Å². The Morgan fingerprint density at radius 3 is 2.75 bits per heavy atom. The Labute approximate surface area is 102 Å².